The summed E-state index contributed by atoms with van der Waals surface area (Å²) in [6, 6.07) is 21.3. The van der Waals surface area contributed by atoms with Gasteiger partial charge in [0.25, 0.3) is 0 Å². The first-order valence-electron chi connectivity index (χ1n) is 8.32. The zero-order valence-corrected chi connectivity index (χ0v) is 14.1. The lowest BCUT2D eigenvalue weighted by Gasteiger charge is -2.07. The molecule has 0 aliphatic rings. The molecule has 2 heterocycles. The van der Waals surface area contributed by atoms with Crippen LogP contribution in [0.2, 0.25) is 0 Å². The number of ketones is 1. The summed E-state index contributed by atoms with van der Waals surface area (Å²) in [5, 5.41) is 0. The number of halogens is 3. The fraction of sp³-hybridized carbons (Fsp3) is 0.0455. The highest BCUT2D eigenvalue weighted by atomic mass is 19.4. The molecular weight excluding hydrogens is 351 g/mol. The third-order valence-corrected chi connectivity index (χ3v) is 4.47. The van der Waals surface area contributed by atoms with E-state index in [0.29, 0.717) is 5.69 Å². The van der Waals surface area contributed by atoms with Crippen molar-refractivity contribution in [3.63, 3.8) is 0 Å². The minimum atomic E-state index is -4.43. The van der Waals surface area contributed by atoms with Crippen molar-refractivity contribution in [1.29, 1.82) is 0 Å². The molecule has 0 saturated carbocycles. The van der Waals surface area contributed by atoms with E-state index >= 15 is 0 Å². The van der Waals surface area contributed by atoms with Crippen LogP contribution in [0.3, 0.4) is 0 Å². The molecule has 2 aromatic carbocycles. The maximum absolute atomic E-state index is 13.0. The first-order chi connectivity index (χ1) is 12.9. The number of carbonyl (C=O) groups excluding carboxylic acids is 1. The van der Waals surface area contributed by atoms with Crippen LogP contribution >= 0.6 is 0 Å². The molecule has 0 unspecified atom stereocenters. The molecule has 2 nitrogen and oxygen atoms in total. The number of pyridine rings is 1. The first-order valence-corrected chi connectivity index (χ1v) is 8.32. The Bertz CT molecular complexity index is 1110. The number of rotatable bonds is 3. The molecule has 0 radical (unpaired) electrons. The minimum absolute atomic E-state index is 0.214. The van der Waals surface area contributed by atoms with Crippen molar-refractivity contribution in [2.75, 3.05) is 0 Å². The summed E-state index contributed by atoms with van der Waals surface area (Å²) in [6.45, 7) is 0. The second kappa shape index (κ2) is 6.43. The summed E-state index contributed by atoms with van der Waals surface area (Å²) in [5.74, 6) is -0.327. The molecule has 0 saturated heterocycles. The van der Waals surface area contributed by atoms with Crippen LogP contribution in [0.25, 0.3) is 16.6 Å². The summed E-state index contributed by atoms with van der Waals surface area (Å²) < 4.78 is 40.0. The highest BCUT2D eigenvalue weighted by molar-refractivity contribution is 6.10. The summed E-state index contributed by atoms with van der Waals surface area (Å²) in [5.41, 5.74) is 2.57. The Hall–Kier alpha value is -3.34. The van der Waals surface area contributed by atoms with Crippen molar-refractivity contribution in [2.45, 2.75) is 6.18 Å². The molecule has 0 aliphatic carbocycles. The van der Waals surface area contributed by atoms with E-state index in [1.807, 2.05) is 48.5 Å². The number of carbonyl (C=O) groups is 1. The molecule has 134 valence electrons. The second-order valence-electron chi connectivity index (χ2n) is 6.17. The van der Waals surface area contributed by atoms with Gasteiger partial charge in [-0.05, 0) is 35.9 Å². The maximum Gasteiger partial charge on any atom is 0.416 e. The van der Waals surface area contributed by atoms with Gasteiger partial charge in [0.2, 0.25) is 5.78 Å². The molecule has 5 heteroatoms. The van der Waals surface area contributed by atoms with Crippen LogP contribution in [-0.2, 0) is 6.18 Å². The van der Waals surface area contributed by atoms with E-state index in [9.17, 15) is 18.0 Å². The lowest BCUT2D eigenvalue weighted by atomic mass is 10.0. The van der Waals surface area contributed by atoms with Crippen LogP contribution in [-0.4, -0.2) is 10.2 Å². The van der Waals surface area contributed by atoms with Crippen molar-refractivity contribution >= 4 is 11.3 Å². The van der Waals surface area contributed by atoms with Crippen molar-refractivity contribution in [3.05, 3.63) is 102 Å². The van der Waals surface area contributed by atoms with Gasteiger partial charge in [-0.1, -0.05) is 48.5 Å². The van der Waals surface area contributed by atoms with Crippen LogP contribution in [0.4, 0.5) is 13.2 Å². The average molecular weight is 365 g/mol. The number of alkyl halides is 3. The number of aromatic nitrogens is 1. The Morgan fingerprint density at radius 2 is 1.48 bits per heavy atom. The van der Waals surface area contributed by atoms with Gasteiger partial charge in [-0.3, -0.25) is 4.79 Å². The van der Waals surface area contributed by atoms with Gasteiger partial charge in [-0.2, -0.15) is 13.2 Å². The van der Waals surface area contributed by atoms with Crippen LogP contribution in [0, 0.1) is 0 Å². The molecule has 0 atom stereocenters. The smallest absolute Gasteiger partial charge is 0.313 e. The predicted octanol–water partition coefficient (Wildman–Crippen LogP) is 5.86. The molecule has 27 heavy (non-hydrogen) atoms. The first kappa shape index (κ1) is 17.1. The van der Waals surface area contributed by atoms with Crippen molar-refractivity contribution < 1.29 is 18.0 Å². The molecule has 0 aliphatic heterocycles. The summed E-state index contributed by atoms with van der Waals surface area (Å²) in [7, 11) is 0. The molecule has 0 fully saturated rings. The molecule has 0 amide bonds. The van der Waals surface area contributed by atoms with Crippen LogP contribution in [0.15, 0.2) is 85.1 Å². The fourth-order valence-electron chi connectivity index (χ4n) is 3.14. The number of hydrogen-bond donors (Lipinski definition) is 0. The SMILES string of the molecule is O=C(c1ccc(C(F)(F)F)cc1)c1cc(-c2ccccc2)c2ccccn12. The number of nitrogens with zero attached hydrogens (tertiary/aromatic N) is 1. The highest BCUT2D eigenvalue weighted by Crippen LogP contribution is 2.31. The van der Waals surface area contributed by atoms with E-state index in [4.69, 9.17) is 0 Å². The Morgan fingerprint density at radius 3 is 2.15 bits per heavy atom. The zero-order chi connectivity index (χ0) is 19.0. The third kappa shape index (κ3) is 3.12. The lowest BCUT2D eigenvalue weighted by Crippen LogP contribution is -2.08. The van der Waals surface area contributed by atoms with Crippen molar-refractivity contribution in [3.8, 4) is 11.1 Å². The molecule has 0 spiro atoms. The summed E-state index contributed by atoms with van der Waals surface area (Å²) >= 11 is 0. The molecule has 4 rings (SSSR count). The zero-order valence-electron chi connectivity index (χ0n) is 14.1. The Balaban J connectivity index is 1.81. The number of benzene rings is 2. The third-order valence-electron chi connectivity index (χ3n) is 4.47. The van der Waals surface area contributed by atoms with Crippen LogP contribution < -0.4 is 0 Å². The maximum atomic E-state index is 13.0. The van der Waals surface area contributed by atoms with Crippen molar-refractivity contribution in [2.24, 2.45) is 0 Å². The monoisotopic (exact) mass is 365 g/mol. The molecule has 0 N–H and O–H groups in total. The number of hydrogen-bond acceptors (Lipinski definition) is 1. The molecular formula is C22H14F3NO. The summed E-state index contributed by atoms with van der Waals surface area (Å²) in [4.78, 5) is 13.0. The van der Waals surface area contributed by atoms with Gasteiger partial charge in [0.15, 0.2) is 0 Å². The number of fused-ring (bicyclic) bond motifs is 1. The Morgan fingerprint density at radius 1 is 0.815 bits per heavy atom. The Kier molecular flexibility index (Phi) is 4.07. The van der Waals surface area contributed by atoms with E-state index in [1.165, 1.54) is 12.1 Å². The normalized spacial score (nSPS) is 11.7. The van der Waals surface area contributed by atoms with E-state index in [2.05, 4.69) is 0 Å². The average Bonchev–Trinajstić information content (AvgIpc) is 3.07. The van der Waals surface area contributed by atoms with E-state index in [0.717, 1.165) is 28.8 Å². The lowest BCUT2D eigenvalue weighted by molar-refractivity contribution is -0.137. The van der Waals surface area contributed by atoms with Gasteiger partial charge >= 0.3 is 6.18 Å². The van der Waals surface area contributed by atoms with E-state index < -0.39 is 11.7 Å². The quantitative estimate of drug-likeness (QED) is 0.417. The fourth-order valence-corrected chi connectivity index (χ4v) is 3.14. The van der Waals surface area contributed by atoms with Gasteiger partial charge in [0.1, 0.15) is 0 Å². The van der Waals surface area contributed by atoms with Gasteiger partial charge < -0.3 is 4.40 Å². The van der Waals surface area contributed by atoms with Crippen LogP contribution in [0.5, 0.6) is 0 Å². The van der Waals surface area contributed by atoms with E-state index in [1.54, 1.807) is 16.7 Å². The Labute approximate surface area is 153 Å². The molecule has 2 aromatic heterocycles. The largest absolute Gasteiger partial charge is 0.416 e. The molecule has 4 aromatic rings. The van der Waals surface area contributed by atoms with Gasteiger partial charge in [0, 0.05) is 17.3 Å². The van der Waals surface area contributed by atoms with Gasteiger partial charge in [-0.15, -0.1) is 0 Å². The van der Waals surface area contributed by atoms with Gasteiger partial charge in [0.05, 0.1) is 16.8 Å². The van der Waals surface area contributed by atoms with E-state index in [-0.39, 0.29) is 11.3 Å². The van der Waals surface area contributed by atoms with Gasteiger partial charge in [-0.25, -0.2) is 0 Å². The standard InChI is InChI=1S/C22H14F3NO/c23-22(24,25)17-11-9-16(10-12-17)21(27)20-14-18(15-6-2-1-3-7-15)19-8-4-5-13-26(19)20/h1-14H. The van der Waals surface area contributed by atoms with Crippen molar-refractivity contribution in [1.82, 2.24) is 4.40 Å². The summed E-state index contributed by atoms with van der Waals surface area (Å²) in [6.07, 6.45) is -2.65. The second-order valence-corrected chi connectivity index (χ2v) is 6.17. The predicted molar refractivity (Wildman–Crippen MR) is 97.7 cm³/mol. The molecule has 0 bridgehead atoms. The minimum Gasteiger partial charge on any atom is -0.313 e. The highest BCUT2D eigenvalue weighted by Gasteiger charge is 2.30. The topological polar surface area (TPSA) is 21.5 Å². The van der Waals surface area contributed by atoms with Crippen LogP contribution in [0.1, 0.15) is 21.6 Å².